The number of rotatable bonds is 8. The van der Waals surface area contributed by atoms with E-state index in [1.54, 1.807) is 0 Å². The predicted molar refractivity (Wildman–Crippen MR) is 102 cm³/mol. The van der Waals surface area contributed by atoms with Crippen LogP contribution < -0.4 is 5.32 Å². The van der Waals surface area contributed by atoms with Gasteiger partial charge in [-0.25, -0.2) is 13.2 Å². The molecule has 0 radical (unpaired) electrons. The molecule has 0 unspecified atom stereocenters. The Morgan fingerprint density at radius 3 is 2.25 bits per heavy atom. The summed E-state index contributed by atoms with van der Waals surface area (Å²) in [5.41, 5.74) is 1.06. The van der Waals surface area contributed by atoms with Crippen LogP contribution >= 0.6 is 0 Å². The van der Waals surface area contributed by atoms with Crippen LogP contribution in [0.4, 0.5) is 0 Å². The quantitative estimate of drug-likeness (QED) is 0.531. The van der Waals surface area contributed by atoms with Crippen molar-refractivity contribution in [3.8, 4) is 0 Å². The highest BCUT2D eigenvalue weighted by atomic mass is 32.2. The van der Waals surface area contributed by atoms with E-state index in [1.807, 2.05) is 37.3 Å². The molecule has 0 aliphatic carbocycles. The van der Waals surface area contributed by atoms with E-state index in [9.17, 15) is 18.0 Å². The molecule has 0 aliphatic rings. The van der Waals surface area contributed by atoms with Gasteiger partial charge in [0.05, 0.1) is 23.6 Å². The summed E-state index contributed by atoms with van der Waals surface area (Å²) in [5, 5.41) is 2.74. The molecule has 150 valence electrons. The van der Waals surface area contributed by atoms with Crippen LogP contribution in [-0.4, -0.2) is 45.5 Å². The zero-order valence-corrected chi connectivity index (χ0v) is 16.6. The number of hydrogen-bond acceptors (Lipinski definition) is 6. The molecule has 2 rings (SSSR count). The average molecular weight is 406 g/mol. The third-order valence-corrected chi connectivity index (χ3v) is 5.69. The van der Waals surface area contributed by atoms with E-state index in [1.165, 1.54) is 38.4 Å². The van der Waals surface area contributed by atoms with E-state index in [0.717, 1.165) is 5.56 Å². The van der Waals surface area contributed by atoms with Crippen LogP contribution in [0.3, 0.4) is 0 Å². The number of ether oxygens (including phenoxy) is 1. The van der Waals surface area contributed by atoms with Crippen molar-refractivity contribution in [1.29, 1.82) is 0 Å². The zero-order chi connectivity index (χ0) is 20.7. The Balaban J connectivity index is 1.92. The lowest BCUT2D eigenvalue weighted by atomic mass is 10.1. The van der Waals surface area contributed by atoms with Gasteiger partial charge in [-0.1, -0.05) is 34.8 Å². The first kappa shape index (κ1) is 21.5. The molecule has 0 aromatic heterocycles. The minimum atomic E-state index is -3.80. The maximum Gasteiger partial charge on any atom is 0.338 e. The Morgan fingerprint density at radius 2 is 1.68 bits per heavy atom. The second-order valence-corrected chi connectivity index (χ2v) is 7.83. The summed E-state index contributed by atoms with van der Waals surface area (Å²) < 4.78 is 29.9. The van der Waals surface area contributed by atoms with Gasteiger partial charge in [0.25, 0.3) is 15.9 Å². The van der Waals surface area contributed by atoms with Gasteiger partial charge in [-0.05, 0) is 36.8 Å². The van der Waals surface area contributed by atoms with E-state index in [4.69, 9.17) is 4.74 Å². The molecule has 8 nitrogen and oxygen atoms in total. The van der Waals surface area contributed by atoms with Crippen molar-refractivity contribution in [1.82, 2.24) is 9.79 Å². The largest absolute Gasteiger partial charge is 0.452 e. The molecule has 0 heterocycles. The molecule has 0 saturated carbocycles. The lowest BCUT2D eigenvalue weighted by molar-refractivity contribution is -0.124. The maximum atomic E-state index is 12.1. The number of nitrogens with zero attached hydrogens (tertiary/aromatic N) is 1. The lowest BCUT2D eigenvalue weighted by Gasteiger charge is -2.15. The average Bonchev–Trinajstić information content (AvgIpc) is 2.72. The minimum Gasteiger partial charge on any atom is -0.452 e. The Kier molecular flexibility index (Phi) is 7.27. The van der Waals surface area contributed by atoms with E-state index in [-0.39, 0.29) is 16.5 Å². The van der Waals surface area contributed by atoms with Crippen molar-refractivity contribution < 1.29 is 27.6 Å². The van der Waals surface area contributed by atoms with Gasteiger partial charge in [-0.2, -0.15) is 0 Å². The summed E-state index contributed by atoms with van der Waals surface area (Å²) in [6, 6.07) is 14.3. The Labute approximate surface area is 164 Å². The molecule has 28 heavy (non-hydrogen) atoms. The Hall–Kier alpha value is -2.75. The second-order valence-electron chi connectivity index (χ2n) is 5.90. The number of amides is 1. The molecule has 2 aromatic carbocycles. The molecular formula is C19H22N2O6S. The molecule has 0 fully saturated rings. The summed E-state index contributed by atoms with van der Waals surface area (Å²) in [7, 11) is -1.32. The molecule has 0 saturated heterocycles. The van der Waals surface area contributed by atoms with Gasteiger partial charge in [0.15, 0.2) is 6.61 Å². The summed E-state index contributed by atoms with van der Waals surface area (Å²) in [6.07, 6.45) is 0. The van der Waals surface area contributed by atoms with Gasteiger partial charge in [0.2, 0.25) is 0 Å². The highest BCUT2D eigenvalue weighted by Crippen LogP contribution is 2.16. The van der Waals surface area contributed by atoms with Crippen LogP contribution in [0.5, 0.6) is 0 Å². The third kappa shape index (κ3) is 5.38. The lowest BCUT2D eigenvalue weighted by Crippen LogP contribution is -2.31. The summed E-state index contributed by atoms with van der Waals surface area (Å²) in [5.74, 6) is -1.17. The number of hydrogen-bond donors (Lipinski definition) is 1. The van der Waals surface area contributed by atoms with Crippen LogP contribution in [-0.2, 0) is 24.4 Å². The number of carbonyl (C=O) groups excluding carboxylic acids is 2. The number of hydroxylamine groups is 1. The minimum absolute atomic E-state index is 0.0390. The summed E-state index contributed by atoms with van der Waals surface area (Å²) >= 11 is 0. The van der Waals surface area contributed by atoms with Gasteiger partial charge in [0, 0.05) is 7.05 Å². The topological polar surface area (TPSA) is 102 Å². The number of carbonyl (C=O) groups is 2. The molecule has 9 heteroatoms. The first-order chi connectivity index (χ1) is 13.3. The number of sulfonamides is 1. The van der Waals surface area contributed by atoms with Gasteiger partial charge in [-0.15, -0.1) is 0 Å². The molecule has 2 aromatic rings. The van der Waals surface area contributed by atoms with Crippen molar-refractivity contribution in [3.05, 3.63) is 65.7 Å². The van der Waals surface area contributed by atoms with Crippen LogP contribution in [0.1, 0.15) is 28.9 Å². The van der Waals surface area contributed by atoms with E-state index < -0.39 is 28.5 Å². The fraction of sp³-hybridized carbons (Fsp3) is 0.263. The molecule has 1 atom stereocenters. The third-order valence-electron chi connectivity index (χ3n) is 3.99. The van der Waals surface area contributed by atoms with Crippen LogP contribution in [0, 0.1) is 0 Å². The normalized spacial score (nSPS) is 12.4. The van der Waals surface area contributed by atoms with Crippen LogP contribution in [0.25, 0.3) is 0 Å². The molecule has 0 bridgehead atoms. The molecule has 0 aliphatic heterocycles. The smallest absolute Gasteiger partial charge is 0.338 e. The van der Waals surface area contributed by atoms with Crippen LogP contribution in [0.15, 0.2) is 59.5 Å². The number of benzene rings is 2. The highest BCUT2D eigenvalue weighted by molar-refractivity contribution is 7.89. The first-order valence-electron chi connectivity index (χ1n) is 8.40. The van der Waals surface area contributed by atoms with Crippen LogP contribution in [0.2, 0.25) is 0 Å². The summed E-state index contributed by atoms with van der Waals surface area (Å²) in [6.45, 7) is 1.38. The van der Waals surface area contributed by atoms with E-state index in [0.29, 0.717) is 4.47 Å². The Morgan fingerprint density at radius 1 is 1.07 bits per heavy atom. The molecule has 1 N–H and O–H groups in total. The van der Waals surface area contributed by atoms with Gasteiger partial charge in [-0.3, -0.25) is 9.63 Å². The SMILES string of the molecule is CON(C)S(=O)(=O)c1ccc(C(=O)OCC(=O)N[C@@H](C)c2ccccc2)cc1. The van der Waals surface area contributed by atoms with Crippen molar-refractivity contribution >= 4 is 21.9 Å². The summed E-state index contributed by atoms with van der Waals surface area (Å²) in [4.78, 5) is 28.7. The molecule has 0 spiro atoms. The van der Waals surface area contributed by atoms with Gasteiger partial charge in [0.1, 0.15) is 0 Å². The standard InChI is InChI=1S/C19H22N2O6S/c1-14(15-7-5-4-6-8-15)20-18(22)13-27-19(23)16-9-11-17(12-10-16)28(24,25)21(2)26-3/h4-12,14H,13H2,1-3H3,(H,20,22)/t14-/m0/s1. The Bertz CT molecular complexity index is 913. The maximum absolute atomic E-state index is 12.1. The fourth-order valence-electron chi connectivity index (χ4n) is 2.33. The first-order valence-corrected chi connectivity index (χ1v) is 9.84. The number of esters is 1. The monoisotopic (exact) mass is 406 g/mol. The van der Waals surface area contributed by atoms with Gasteiger partial charge >= 0.3 is 5.97 Å². The predicted octanol–water partition coefficient (Wildman–Crippen LogP) is 1.90. The van der Waals surface area contributed by atoms with Crippen molar-refractivity contribution in [2.75, 3.05) is 20.8 Å². The van der Waals surface area contributed by atoms with Gasteiger partial charge < -0.3 is 10.1 Å². The second kappa shape index (κ2) is 9.45. The van der Waals surface area contributed by atoms with E-state index >= 15 is 0 Å². The van der Waals surface area contributed by atoms with Crippen molar-refractivity contribution in [3.63, 3.8) is 0 Å². The zero-order valence-electron chi connectivity index (χ0n) is 15.8. The molecule has 1 amide bonds. The number of nitrogens with one attached hydrogen (secondary N) is 1. The molecular weight excluding hydrogens is 384 g/mol. The fourth-order valence-corrected chi connectivity index (χ4v) is 3.31. The highest BCUT2D eigenvalue weighted by Gasteiger charge is 2.21. The van der Waals surface area contributed by atoms with Crippen molar-refractivity contribution in [2.45, 2.75) is 17.9 Å². The van der Waals surface area contributed by atoms with E-state index in [2.05, 4.69) is 10.2 Å². The van der Waals surface area contributed by atoms with Crippen molar-refractivity contribution in [2.24, 2.45) is 0 Å².